The van der Waals surface area contributed by atoms with Crippen molar-refractivity contribution < 1.29 is 4.79 Å². The minimum Gasteiger partial charge on any atom is -0.356 e. The lowest BCUT2D eigenvalue weighted by atomic mass is 10.3. The molecule has 1 aromatic heterocycles. The summed E-state index contributed by atoms with van der Waals surface area (Å²) in [6.45, 7) is 7.65. The Balaban J connectivity index is 2.21. The monoisotopic (exact) mass is 223 g/mol. The molecule has 1 aromatic rings. The van der Waals surface area contributed by atoms with E-state index in [0.29, 0.717) is 6.42 Å². The molecular formula is C12H21N3O. The molecule has 4 nitrogen and oxygen atoms in total. The number of carbonyl (C=O) groups is 1. The number of nitrogens with zero attached hydrogens (tertiary/aromatic N) is 2. The van der Waals surface area contributed by atoms with Crippen molar-refractivity contribution in [2.75, 3.05) is 6.54 Å². The average molecular weight is 223 g/mol. The Morgan fingerprint density at radius 2 is 2.25 bits per heavy atom. The Morgan fingerprint density at radius 3 is 2.81 bits per heavy atom. The first-order valence-electron chi connectivity index (χ1n) is 5.91. The first-order valence-corrected chi connectivity index (χ1v) is 5.91. The zero-order chi connectivity index (χ0) is 12.0. The molecule has 90 valence electrons. The van der Waals surface area contributed by atoms with Crippen LogP contribution in [0.25, 0.3) is 0 Å². The van der Waals surface area contributed by atoms with Gasteiger partial charge in [-0.15, -0.1) is 0 Å². The van der Waals surface area contributed by atoms with Crippen LogP contribution in [-0.2, 0) is 11.3 Å². The van der Waals surface area contributed by atoms with Gasteiger partial charge in [0.15, 0.2) is 0 Å². The Hall–Kier alpha value is -1.32. The van der Waals surface area contributed by atoms with Crippen molar-refractivity contribution in [3.05, 3.63) is 17.5 Å². The number of aryl methyl sites for hydroxylation is 3. The lowest BCUT2D eigenvalue weighted by molar-refractivity contribution is -0.121. The van der Waals surface area contributed by atoms with E-state index in [-0.39, 0.29) is 5.91 Å². The van der Waals surface area contributed by atoms with Gasteiger partial charge in [-0.05, 0) is 32.8 Å². The highest BCUT2D eigenvalue weighted by Gasteiger charge is 2.01. The SMILES string of the molecule is CCCC(=O)NCCCn1nc(C)cc1C. The van der Waals surface area contributed by atoms with E-state index in [9.17, 15) is 4.79 Å². The summed E-state index contributed by atoms with van der Waals surface area (Å²) in [5.41, 5.74) is 2.23. The molecule has 0 bridgehead atoms. The molecule has 0 saturated heterocycles. The van der Waals surface area contributed by atoms with E-state index in [4.69, 9.17) is 0 Å². The molecule has 1 N–H and O–H groups in total. The van der Waals surface area contributed by atoms with Gasteiger partial charge in [0.1, 0.15) is 0 Å². The van der Waals surface area contributed by atoms with E-state index in [1.165, 1.54) is 5.69 Å². The average Bonchev–Trinajstić information content (AvgIpc) is 2.53. The molecule has 0 unspecified atom stereocenters. The summed E-state index contributed by atoms with van der Waals surface area (Å²) in [5.74, 6) is 0.149. The summed E-state index contributed by atoms with van der Waals surface area (Å²) in [7, 11) is 0. The van der Waals surface area contributed by atoms with Crippen LogP contribution in [0.2, 0.25) is 0 Å². The first-order chi connectivity index (χ1) is 7.63. The summed E-state index contributed by atoms with van der Waals surface area (Å²) in [5, 5.41) is 7.27. The Kier molecular flexibility index (Phi) is 5.02. The molecule has 0 aliphatic rings. The predicted octanol–water partition coefficient (Wildman–Crippen LogP) is 1.81. The maximum atomic E-state index is 11.2. The van der Waals surface area contributed by atoms with Gasteiger partial charge in [-0.1, -0.05) is 6.92 Å². The van der Waals surface area contributed by atoms with Gasteiger partial charge in [0.05, 0.1) is 5.69 Å². The predicted molar refractivity (Wildman–Crippen MR) is 64.2 cm³/mol. The zero-order valence-electron chi connectivity index (χ0n) is 10.4. The van der Waals surface area contributed by atoms with Gasteiger partial charge in [-0.25, -0.2) is 0 Å². The minimum atomic E-state index is 0.149. The van der Waals surface area contributed by atoms with E-state index < -0.39 is 0 Å². The number of rotatable bonds is 6. The van der Waals surface area contributed by atoms with Crippen molar-refractivity contribution in [2.24, 2.45) is 0 Å². The second-order valence-corrected chi connectivity index (χ2v) is 4.10. The van der Waals surface area contributed by atoms with E-state index in [0.717, 1.165) is 31.6 Å². The van der Waals surface area contributed by atoms with Crippen LogP contribution in [0, 0.1) is 13.8 Å². The third-order valence-electron chi connectivity index (χ3n) is 2.45. The van der Waals surface area contributed by atoms with E-state index >= 15 is 0 Å². The molecule has 1 heterocycles. The smallest absolute Gasteiger partial charge is 0.219 e. The van der Waals surface area contributed by atoms with Crippen molar-refractivity contribution in [2.45, 2.75) is 46.6 Å². The van der Waals surface area contributed by atoms with Crippen LogP contribution in [-0.4, -0.2) is 22.2 Å². The lowest BCUT2D eigenvalue weighted by Crippen LogP contribution is -2.24. The van der Waals surface area contributed by atoms with Crippen LogP contribution in [0.15, 0.2) is 6.07 Å². The number of carbonyl (C=O) groups excluding carboxylic acids is 1. The Labute approximate surface area is 97.0 Å². The van der Waals surface area contributed by atoms with Gasteiger partial charge in [0, 0.05) is 25.2 Å². The van der Waals surface area contributed by atoms with Crippen LogP contribution in [0.4, 0.5) is 0 Å². The number of aromatic nitrogens is 2. The molecule has 16 heavy (non-hydrogen) atoms. The topological polar surface area (TPSA) is 46.9 Å². The molecule has 0 fully saturated rings. The largest absolute Gasteiger partial charge is 0.356 e. The number of amides is 1. The number of nitrogens with one attached hydrogen (secondary N) is 1. The highest BCUT2D eigenvalue weighted by atomic mass is 16.1. The fraction of sp³-hybridized carbons (Fsp3) is 0.667. The second kappa shape index (κ2) is 6.30. The third-order valence-corrected chi connectivity index (χ3v) is 2.45. The molecule has 4 heteroatoms. The standard InChI is InChI=1S/C12H21N3O/c1-4-6-12(16)13-7-5-8-15-11(3)9-10(2)14-15/h9H,4-8H2,1-3H3,(H,13,16). The van der Waals surface area contributed by atoms with Crippen molar-refractivity contribution >= 4 is 5.91 Å². The van der Waals surface area contributed by atoms with Gasteiger partial charge in [0.2, 0.25) is 5.91 Å². The summed E-state index contributed by atoms with van der Waals surface area (Å²) >= 11 is 0. The molecule has 0 aliphatic heterocycles. The molecule has 0 aliphatic carbocycles. The molecule has 0 aromatic carbocycles. The van der Waals surface area contributed by atoms with Crippen LogP contribution in [0.3, 0.4) is 0 Å². The molecule has 0 saturated carbocycles. The maximum Gasteiger partial charge on any atom is 0.219 e. The van der Waals surface area contributed by atoms with E-state index in [1.54, 1.807) is 0 Å². The third kappa shape index (κ3) is 4.04. The van der Waals surface area contributed by atoms with Gasteiger partial charge in [-0.3, -0.25) is 9.48 Å². The van der Waals surface area contributed by atoms with E-state index in [2.05, 4.69) is 23.4 Å². The van der Waals surface area contributed by atoms with Crippen LogP contribution in [0.5, 0.6) is 0 Å². The normalized spacial score (nSPS) is 10.4. The van der Waals surface area contributed by atoms with Crippen LogP contribution >= 0.6 is 0 Å². The summed E-state index contributed by atoms with van der Waals surface area (Å²) in [6.07, 6.45) is 2.46. The fourth-order valence-electron chi connectivity index (χ4n) is 1.67. The van der Waals surface area contributed by atoms with Gasteiger partial charge in [0.25, 0.3) is 0 Å². The number of hydrogen-bond donors (Lipinski definition) is 1. The van der Waals surface area contributed by atoms with Gasteiger partial charge in [-0.2, -0.15) is 5.10 Å². The van der Waals surface area contributed by atoms with Crippen molar-refractivity contribution in [3.63, 3.8) is 0 Å². The molecule has 0 spiro atoms. The maximum absolute atomic E-state index is 11.2. The molecule has 0 radical (unpaired) electrons. The summed E-state index contributed by atoms with van der Waals surface area (Å²) in [4.78, 5) is 11.2. The Bertz CT molecular complexity index is 344. The summed E-state index contributed by atoms with van der Waals surface area (Å²) in [6, 6.07) is 2.07. The van der Waals surface area contributed by atoms with Crippen LogP contribution in [0.1, 0.15) is 37.6 Å². The first kappa shape index (κ1) is 12.7. The quantitative estimate of drug-likeness (QED) is 0.748. The highest BCUT2D eigenvalue weighted by Crippen LogP contribution is 2.02. The lowest BCUT2D eigenvalue weighted by Gasteiger charge is -2.06. The van der Waals surface area contributed by atoms with Crippen molar-refractivity contribution in [3.8, 4) is 0 Å². The molecule has 1 rings (SSSR count). The molecule has 0 atom stereocenters. The van der Waals surface area contributed by atoms with Crippen molar-refractivity contribution in [1.82, 2.24) is 15.1 Å². The number of hydrogen-bond acceptors (Lipinski definition) is 2. The minimum absolute atomic E-state index is 0.149. The van der Waals surface area contributed by atoms with E-state index in [1.807, 2.05) is 18.5 Å². The van der Waals surface area contributed by atoms with Crippen LogP contribution < -0.4 is 5.32 Å². The van der Waals surface area contributed by atoms with Crippen molar-refractivity contribution in [1.29, 1.82) is 0 Å². The zero-order valence-corrected chi connectivity index (χ0v) is 10.4. The molecular weight excluding hydrogens is 202 g/mol. The van der Waals surface area contributed by atoms with Gasteiger partial charge >= 0.3 is 0 Å². The molecule has 1 amide bonds. The summed E-state index contributed by atoms with van der Waals surface area (Å²) < 4.78 is 1.99. The fourth-order valence-corrected chi connectivity index (χ4v) is 1.67. The highest BCUT2D eigenvalue weighted by molar-refractivity contribution is 5.75. The van der Waals surface area contributed by atoms with Gasteiger partial charge < -0.3 is 5.32 Å². The Morgan fingerprint density at radius 1 is 1.50 bits per heavy atom. The second-order valence-electron chi connectivity index (χ2n) is 4.10.